The normalized spacial score (nSPS) is 10.1. The Bertz CT molecular complexity index is 574. The second-order valence-corrected chi connectivity index (χ2v) is 5.01. The standard InChI is InChI=1S/C13H11ClN2OS/c1-15-13(17)11-8-9(6-7-16-11)18-12-5-3-2-4-10(12)14/h2-8H,1H3,(H,15,17). The fourth-order valence-corrected chi connectivity index (χ4v) is 2.50. The zero-order chi connectivity index (χ0) is 13.0. The molecule has 1 aromatic carbocycles. The molecule has 0 spiro atoms. The van der Waals surface area contributed by atoms with Crippen molar-refractivity contribution in [3.63, 3.8) is 0 Å². The predicted octanol–water partition coefficient (Wildman–Crippen LogP) is 3.25. The average Bonchev–Trinajstić information content (AvgIpc) is 2.41. The molecule has 1 amide bonds. The maximum absolute atomic E-state index is 11.5. The Labute approximate surface area is 115 Å². The SMILES string of the molecule is CNC(=O)c1cc(Sc2ccccc2Cl)ccn1. The fraction of sp³-hybridized carbons (Fsp3) is 0.0769. The fourth-order valence-electron chi connectivity index (χ4n) is 1.38. The van der Waals surface area contributed by atoms with Crippen molar-refractivity contribution in [3.05, 3.63) is 53.3 Å². The van der Waals surface area contributed by atoms with Crippen molar-refractivity contribution >= 4 is 29.3 Å². The lowest BCUT2D eigenvalue weighted by atomic mass is 10.3. The molecule has 1 N–H and O–H groups in total. The lowest BCUT2D eigenvalue weighted by Crippen LogP contribution is -2.18. The summed E-state index contributed by atoms with van der Waals surface area (Å²) in [6.45, 7) is 0. The predicted molar refractivity (Wildman–Crippen MR) is 73.2 cm³/mol. The Morgan fingerprint density at radius 2 is 2.11 bits per heavy atom. The molecule has 18 heavy (non-hydrogen) atoms. The highest BCUT2D eigenvalue weighted by atomic mass is 35.5. The van der Waals surface area contributed by atoms with Crippen LogP contribution >= 0.6 is 23.4 Å². The van der Waals surface area contributed by atoms with E-state index in [1.807, 2.05) is 30.3 Å². The molecule has 0 saturated carbocycles. The van der Waals surface area contributed by atoms with E-state index in [9.17, 15) is 4.79 Å². The van der Waals surface area contributed by atoms with Crippen molar-refractivity contribution in [2.45, 2.75) is 9.79 Å². The Balaban J connectivity index is 2.25. The summed E-state index contributed by atoms with van der Waals surface area (Å²) in [6.07, 6.45) is 1.61. The van der Waals surface area contributed by atoms with Crippen molar-refractivity contribution in [3.8, 4) is 0 Å². The van der Waals surface area contributed by atoms with Crippen molar-refractivity contribution < 1.29 is 4.79 Å². The number of rotatable bonds is 3. The van der Waals surface area contributed by atoms with Crippen LogP contribution in [0.2, 0.25) is 5.02 Å². The minimum absolute atomic E-state index is 0.198. The number of hydrogen-bond acceptors (Lipinski definition) is 3. The summed E-state index contributed by atoms with van der Waals surface area (Å²) in [5.74, 6) is -0.198. The summed E-state index contributed by atoms with van der Waals surface area (Å²) in [5, 5.41) is 3.24. The maximum Gasteiger partial charge on any atom is 0.269 e. The topological polar surface area (TPSA) is 42.0 Å². The third-order valence-corrected chi connectivity index (χ3v) is 3.76. The van der Waals surface area contributed by atoms with E-state index in [0.29, 0.717) is 10.7 Å². The van der Waals surface area contributed by atoms with Gasteiger partial charge in [0.15, 0.2) is 0 Å². The van der Waals surface area contributed by atoms with E-state index in [1.54, 1.807) is 19.3 Å². The van der Waals surface area contributed by atoms with Gasteiger partial charge in [0, 0.05) is 23.0 Å². The van der Waals surface area contributed by atoms with Crippen LogP contribution in [-0.2, 0) is 0 Å². The molecule has 0 fully saturated rings. The van der Waals surface area contributed by atoms with Gasteiger partial charge in [-0.25, -0.2) is 0 Å². The number of carbonyl (C=O) groups excluding carboxylic acids is 1. The van der Waals surface area contributed by atoms with E-state index < -0.39 is 0 Å². The number of aromatic nitrogens is 1. The van der Waals surface area contributed by atoms with Gasteiger partial charge in [0.25, 0.3) is 5.91 Å². The highest BCUT2D eigenvalue weighted by Gasteiger charge is 2.07. The van der Waals surface area contributed by atoms with Crippen LogP contribution in [0.4, 0.5) is 0 Å². The highest BCUT2D eigenvalue weighted by molar-refractivity contribution is 7.99. The lowest BCUT2D eigenvalue weighted by molar-refractivity contribution is 0.0958. The van der Waals surface area contributed by atoms with Crippen molar-refractivity contribution in [2.75, 3.05) is 7.05 Å². The molecule has 0 unspecified atom stereocenters. The molecular formula is C13H11ClN2OS. The van der Waals surface area contributed by atoms with Crippen molar-refractivity contribution in [1.29, 1.82) is 0 Å². The van der Waals surface area contributed by atoms with Gasteiger partial charge in [0.1, 0.15) is 5.69 Å². The first kappa shape index (κ1) is 12.9. The molecule has 3 nitrogen and oxygen atoms in total. The van der Waals surface area contributed by atoms with Crippen LogP contribution in [-0.4, -0.2) is 17.9 Å². The van der Waals surface area contributed by atoms with E-state index >= 15 is 0 Å². The summed E-state index contributed by atoms with van der Waals surface area (Å²) in [5.41, 5.74) is 0.398. The molecule has 0 bridgehead atoms. The minimum atomic E-state index is -0.198. The summed E-state index contributed by atoms with van der Waals surface area (Å²) in [4.78, 5) is 17.4. The van der Waals surface area contributed by atoms with Crippen LogP contribution in [0.1, 0.15) is 10.5 Å². The Morgan fingerprint density at radius 1 is 1.33 bits per heavy atom. The molecular weight excluding hydrogens is 268 g/mol. The quantitative estimate of drug-likeness (QED) is 0.937. The summed E-state index contributed by atoms with van der Waals surface area (Å²) in [6, 6.07) is 11.2. The molecule has 0 aliphatic rings. The van der Waals surface area contributed by atoms with E-state index in [0.717, 1.165) is 9.79 Å². The molecule has 2 aromatic rings. The van der Waals surface area contributed by atoms with Gasteiger partial charge >= 0.3 is 0 Å². The number of benzene rings is 1. The summed E-state index contributed by atoms with van der Waals surface area (Å²) in [7, 11) is 1.58. The van der Waals surface area contributed by atoms with Crippen LogP contribution in [0.3, 0.4) is 0 Å². The second kappa shape index (κ2) is 5.89. The molecule has 0 atom stereocenters. The van der Waals surface area contributed by atoms with Gasteiger partial charge in [0.2, 0.25) is 0 Å². The number of halogens is 1. The first-order valence-electron chi connectivity index (χ1n) is 5.31. The van der Waals surface area contributed by atoms with Crippen LogP contribution < -0.4 is 5.32 Å². The van der Waals surface area contributed by atoms with E-state index in [4.69, 9.17) is 11.6 Å². The molecule has 2 rings (SSSR count). The van der Waals surface area contributed by atoms with Gasteiger partial charge in [-0.1, -0.05) is 35.5 Å². The molecule has 5 heteroatoms. The molecule has 0 aliphatic carbocycles. The zero-order valence-corrected chi connectivity index (χ0v) is 11.3. The van der Waals surface area contributed by atoms with Gasteiger partial charge < -0.3 is 5.32 Å². The zero-order valence-electron chi connectivity index (χ0n) is 9.68. The maximum atomic E-state index is 11.5. The van der Waals surface area contributed by atoms with Crippen LogP contribution in [0.15, 0.2) is 52.4 Å². The molecule has 0 radical (unpaired) electrons. The van der Waals surface area contributed by atoms with Gasteiger partial charge in [0.05, 0.1) is 5.02 Å². The van der Waals surface area contributed by atoms with E-state index in [1.165, 1.54) is 11.8 Å². The van der Waals surface area contributed by atoms with Crippen LogP contribution in [0.25, 0.3) is 0 Å². The molecule has 0 aliphatic heterocycles. The third-order valence-electron chi connectivity index (χ3n) is 2.26. The van der Waals surface area contributed by atoms with E-state index in [-0.39, 0.29) is 5.91 Å². The molecule has 1 heterocycles. The number of amides is 1. The Kier molecular flexibility index (Phi) is 4.23. The van der Waals surface area contributed by atoms with Gasteiger partial charge in [-0.05, 0) is 24.3 Å². The van der Waals surface area contributed by atoms with E-state index in [2.05, 4.69) is 10.3 Å². The third kappa shape index (κ3) is 3.03. The van der Waals surface area contributed by atoms with Crippen LogP contribution in [0, 0.1) is 0 Å². The molecule has 0 saturated heterocycles. The number of hydrogen-bond donors (Lipinski definition) is 1. The Hall–Kier alpha value is -1.52. The molecule has 1 aromatic heterocycles. The number of nitrogens with one attached hydrogen (secondary N) is 1. The van der Waals surface area contributed by atoms with Gasteiger partial charge in [-0.3, -0.25) is 9.78 Å². The summed E-state index contributed by atoms with van der Waals surface area (Å²) < 4.78 is 0. The largest absolute Gasteiger partial charge is 0.354 e. The van der Waals surface area contributed by atoms with Gasteiger partial charge in [-0.15, -0.1) is 0 Å². The van der Waals surface area contributed by atoms with Crippen molar-refractivity contribution in [1.82, 2.24) is 10.3 Å². The smallest absolute Gasteiger partial charge is 0.269 e. The summed E-state index contributed by atoms with van der Waals surface area (Å²) >= 11 is 7.59. The number of pyridine rings is 1. The molecule has 92 valence electrons. The number of carbonyl (C=O) groups is 1. The average molecular weight is 279 g/mol. The number of nitrogens with zero attached hydrogens (tertiary/aromatic N) is 1. The van der Waals surface area contributed by atoms with Gasteiger partial charge in [-0.2, -0.15) is 0 Å². The first-order valence-corrected chi connectivity index (χ1v) is 6.50. The Morgan fingerprint density at radius 3 is 2.83 bits per heavy atom. The lowest BCUT2D eigenvalue weighted by Gasteiger charge is -2.05. The second-order valence-electron chi connectivity index (χ2n) is 3.49. The first-order chi connectivity index (χ1) is 8.70. The monoisotopic (exact) mass is 278 g/mol. The minimum Gasteiger partial charge on any atom is -0.354 e. The van der Waals surface area contributed by atoms with Crippen molar-refractivity contribution in [2.24, 2.45) is 0 Å². The van der Waals surface area contributed by atoms with Crippen LogP contribution in [0.5, 0.6) is 0 Å². The highest BCUT2D eigenvalue weighted by Crippen LogP contribution is 2.32.